The topological polar surface area (TPSA) is 504 Å². The number of anilines is 3. The predicted molar refractivity (Wildman–Crippen MR) is 408 cm³/mol. The molecule has 0 aliphatic heterocycles. The first-order valence-corrected chi connectivity index (χ1v) is 32.1. The number of carbonyl (C=O) groups excluding carboxylic acids is 3. The summed E-state index contributed by atoms with van der Waals surface area (Å²) in [6.45, 7) is 9.14. The van der Waals surface area contributed by atoms with Crippen LogP contribution in [0.1, 0.15) is 37.6 Å². The maximum Gasteiger partial charge on any atom is 0.407 e. The van der Waals surface area contributed by atoms with Crippen LogP contribution in [0, 0.1) is 28.6 Å². The largest absolute Gasteiger partial charge is 0.445 e. The first kappa shape index (κ1) is 96.2. The van der Waals surface area contributed by atoms with E-state index in [1.165, 1.54) is 49.4 Å². The molecule has 526 valence electrons. The van der Waals surface area contributed by atoms with E-state index in [1.54, 1.807) is 115 Å². The molecular formula is C59H101N27O4S5. The fraction of sp³-hybridized carbons (Fsp3) is 0.322. The van der Waals surface area contributed by atoms with Crippen LogP contribution in [-0.4, -0.2) is 184 Å². The average molecular weight is 1410 g/mol. The molecule has 0 spiro atoms. The molecule has 2 aromatic carbocycles. The van der Waals surface area contributed by atoms with Crippen molar-refractivity contribution < 1.29 is 19.1 Å². The Balaban J connectivity index is -0.000000231. The number of urea groups is 2. The summed E-state index contributed by atoms with van der Waals surface area (Å²) in [5, 5.41) is 47.5. The number of nitrogens with zero attached hydrogens (tertiary/aromatic N) is 9. The van der Waals surface area contributed by atoms with Crippen molar-refractivity contribution in [1.82, 2.24) is 66.3 Å². The van der Waals surface area contributed by atoms with Gasteiger partial charge in [-0.25, -0.2) is 29.3 Å². The van der Waals surface area contributed by atoms with Crippen molar-refractivity contribution >= 4 is 133 Å². The van der Waals surface area contributed by atoms with Crippen molar-refractivity contribution in [3.63, 3.8) is 0 Å². The number of aryl methyl sites for hydroxylation is 1. The first-order valence-electron chi connectivity index (χ1n) is 27.8. The van der Waals surface area contributed by atoms with Gasteiger partial charge in [-0.3, -0.25) is 41.6 Å². The van der Waals surface area contributed by atoms with Crippen molar-refractivity contribution in [2.24, 2.45) is 39.4 Å². The molecule has 4 heterocycles. The molecular weight excluding hydrogens is 1310 g/mol. The van der Waals surface area contributed by atoms with E-state index in [-0.39, 0.29) is 40.9 Å². The van der Waals surface area contributed by atoms with Crippen LogP contribution >= 0.6 is 59.7 Å². The van der Waals surface area contributed by atoms with Gasteiger partial charge in [-0.05, 0) is 74.4 Å². The van der Waals surface area contributed by atoms with E-state index in [1.807, 2.05) is 124 Å². The molecule has 0 fully saturated rings. The molecule has 95 heavy (non-hydrogen) atoms. The molecule has 6 aromatic rings. The molecule has 0 radical (unpaired) electrons. The zero-order valence-electron chi connectivity index (χ0n) is 56.8. The number of aromatic nitrogens is 6. The number of hydrogen-bond acceptors (Lipinski definition) is 21. The van der Waals surface area contributed by atoms with Crippen LogP contribution in [-0.2, 0) is 17.9 Å². The van der Waals surface area contributed by atoms with Gasteiger partial charge in [0, 0.05) is 120 Å². The Morgan fingerprint density at radius 3 is 1.27 bits per heavy atom. The van der Waals surface area contributed by atoms with Gasteiger partial charge in [0.2, 0.25) is 0 Å². The molecule has 24 N–H and O–H groups in total. The zero-order chi connectivity index (χ0) is 73.6. The summed E-state index contributed by atoms with van der Waals surface area (Å²) < 4.78 is 6.34. The maximum atomic E-state index is 10.8. The van der Waals surface area contributed by atoms with E-state index >= 15 is 0 Å². The minimum absolute atomic E-state index is 0.0926. The molecule has 4 aromatic heterocycles. The summed E-state index contributed by atoms with van der Waals surface area (Å²) in [5.41, 5.74) is 32.2. The van der Waals surface area contributed by atoms with Crippen LogP contribution < -0.4 is 76.9 Å². The predicted octanol–water partition coefficient (Wildman–Crippen LogP) is 6.53. The normalized spacial score (nSPS) is 8.45. The quantitative estimate of drug-likeness (QED) is 0.0415. The Morgan fingerprint density at radius 1 is 0.589 bits per heavy atom. The summed E-state index contributed by atoms with van der Waals surface area (Å²) in [5.74, 6) is 3.91. The molecule has 0 saturated carbocycles. The number of guanidine groups is 3. The average Bonchev–Trinajstić information content (AvgIpc) is 2.41. The highest BCUT2D eigenvalue weighted by Gasteiger charge is 1.99. The summed E-state index contributed by atoms with van der Waals surface area (Å²) in [7, 11) is 14.8. The molecule has 5 amide bonds. The second kappa shape index (κ2) is 70.0. The molecule has 0 bridgehead atoms. The number of amidine groups is 2. The lowest BCUT2D eigenvalue weighted by Crippen LogP contribution is -2.32. The SMILES string of the molecule is CC(=N)N.CCN(C)C(=N)N.CCSC(=S)Nc1ccccn1.CN(C)C(=N)N.CN=C(N)N.CNC(=O)NC.CNC(=O)NCc1ccccc1.CNC(=O)OCc1ccccc1.CNc1cnccn1.CSC(=N)N.CSC(=S)Nc1ccccn1.Cc1cnccn1. The van der Waals surface area contributed by atoms with Crippen LogP contribution in [0.2, 0.25) is 0 Å². The van der Waals surface area contributed by atoms with Crippen molar-refractivity contribution in [2.75, 3.05) is 104 Å². The van der Waals surface area contributed by atoms with Gasteiger partial charge in [0.15, 0.2) is 23.0 Å². The van der Waals surface area contributed by atoms with Gasteiger partial charge in [0.1, 0.15) is 32.7 Å². The van der Waals surface area contributed by atoms with Crippen LogP contribution in [0.5, 0.6) is 0 Å². The number of thiocarbonyl (C=S) groups is 2. The molecule has 0 unspecified atom stereocenters. The highest BCUT2D eigenvalue weighted by atomic mass is 32.2. The number of nitrogens with one attached hydrogen (secondary N) is 12. The third kappa shape index (κ3) is 78.3. The highest BCUT2D eigenvalue weighted by Crippen LogP contribution is 2.08. The lowest BCUT2D eigenvalue weighted by atomic mass is 10.2. The third-order valence-corrected chi connectivity index (χ3v) is 11.6. The van der Waals surface area contributed by atoms with E-state index in [4.69, 9.17) is 85.2 Å². The zero-order valence-corrected chi connectivity index (χ0v) is 60.9. The van der Waals surface area contributed by atoms with Crippen molar-refractivity contribution in [3.05, 3.63) is 163 Å². The summed E-state index contributed by atoms with van der Waals surface area (Å²) in [6.07, 6.45) is 16.8. The lowest BCUT2D eigenvalue weighted by molar-refractivity contribution is 0.142. The number of alkyl carbamates (subject to hydrolysis) is 1. The first-order chi connectivity index (χ1) is 45.0. The van der Waals surface area contributed by atoms with Gasteiger partial charge in [0.05, 0.1) is 17.7 Å². The lowest BCUT2D eigenvalue weighted by Gasteiger charge is -2.11. The van der Waals surface area contributed by atoms with Crippen LogP contribution in [0.25, 0.3) is 0 Å². The highest BCUT2D eigenvalue weighted by molar-refractivity contribution is 8.23. The van der Waals surface area contributed by atoms with Crippen LogP contribution in [0.15, 0.2) is 152 Å². The van der Waals surface area contributed by atoms with Gasteiger partial charge < -0.3 is 91.5 Å². The third-order valence-electron chi connectivity index (χ3n) is 9.00. The van der Waals surface area contributed by atoms with Crippen molar-refractivity contribution in [2.45, 2.75) is 40.8 Å². The molecule has 0 saturated heterocycles. The minimum atomic E-state index is -0.404. The number of benzene rings is 2. The standard InChI is InChI=1S/C9H12N2O.C9H11NO2.C8H10N2S2.C7H8N2S2.C5H7N3.C5H6N2.C4H11N3.C3H9N3.C3H8N2O.C2H7N3.C2H6N2S.C2H6N2/c1-10-9(12)11-7-8-5-3-2-4-6-8;1-10-9(11)12-7-8-5-3-2-4-6-8;1-2-12-8(11)10-7-5-3-4-6-9-7;1-11-7(10)9-6-4-2-3-5-8-6;1-6-5-4-7-2-3-8-5;1-5-4-6-2-3-7-5;1-3-7(2)4(5)6;1-6(2)3(4)5;1-4-3(6)5-2;2*1-5-2(3)4;1-2(3)4/h2-6H,7H2,1H3,(H2,10,11,12);2-6H,7H2,1H3,(H,10,11);3-6H,2H2,1H3,(H,9,10,11);2-5H,1H3,(H,8,9,10);2-4H,1H3,(H,6,8);2-4H,1H3;3H2,1-2H3,(H3,5,6);1-2H3,(H3,4,5);1-2H3,(H2,4,5,6);1H3,(H4,3,4,5);1H3,(H3,3,4);1H3,(H3,3,4). The van der Waals surface area contributed by atoms with Gasteiger partial charge in [0.25, 0.3) is 0 Å². The minimum Gasteiger partial charge on any atom is -0.445 e. The number of pyridine rings is 2. The van der Waals surface area contributed by atoms with Crippen molar-refractivity contribution in [1.29, 1.82) is 21.6 Å². The Hall–Kier alpha value is -9.91. The summed E-state index contributed by atoms with van der Waals surface area (Å²) in [4.78, 5) is 61.6. The van der Waals surface area contributed by atoms with Gasteiger partial charge in [-0.2, -0.15) is 0 Å². The van der Waals surface area contributed by atoms with Gasteiger partial charge >= 0.3 is 18.2 Å². The molecule has 6 rings (SSSR count). The number of amides is 5. The number of thioether (sulfide) groups is 3. The Bertz CT molecular complexity index is 2840. The fourth-order valence-corrected chi connectivity index (χ4v) is 5.27. The molecule has 0 atom stereocenters. The van der Waals surface area contributed by atoms with E-state index < -0.39 is 6.09 Å². The van der Waals surface area contributed by atoms with E-state index in [0.29, 0.717) is 13.2 Å². The molecule has 36 heteroatoms. The van der Waals surface area contributed by atoms with E-state index in [9.17, 15) is 14.4 Å². The fourth-order valence-electron chi connectivity index (χ4n) is 4.06. The second-order valence-corrected chi connectivity index (χ2v) is 21.0. The van der Waals surface area contributed by atoms with E-state index in [0.717, 1.165) is 55.2 Å². The maximum absolute atomic E-state index is 10.8. The Kier molecular flexibility index (Phi) is 70.8. The van der Waals surface area contributed by atoms with Crippen molar-refractivity contribution in [3.8, 4) is 0 Å². The smallest absolute Gasteiger partial charge is 0.407 e. The monoisotopic (exact) mass is 1410 g/mol. The number of hydrogen-bond donors (Lipinski definition) is 18. The van der Waals surface area contributed by atoms with Gasteiger partial charge in [-0.15, -0.1) is 11.8 Å². The van der Waals surface area contributed by atoms with Crippen LogP contribution in [0.4, 0.5) is 31.8 Å². The number of ether oxygens (including phenoxy) is 1. The second-order valence-electron chi connectivity index (χ2n) is 16.7. The number of carbonyl (C=O) groups is 3. The summed E-state index contributed by atoms with van der Waals surface area (Å²) >= 11 is 14.3. The molecule has 0 aliphatic rings. The number of nitrogens with two attached hydrogens (primary N) is 6. The summed E-state index contributed by atoms with van der Waals surface area (Å²) in [6, 6.07) is 30.4. The Morgan fingerprint density at radius 2 is 1.01 bits per heavy atom. The number of rotatable bonds is 9. The Labute approximate surface area is 584 Å². The number of aliphatic imine (C=N–C) groups is 1. The van der Waals surface area contributed by atoms with Crippen LogP contribution in [0.3, 0.4) is 0 Å². The molecule has 31 nitrogen and oxygen atoms in total. The molecule has 0 aliphatic carbocycles. The van der Waals surface area contributed by atoms with Gasteiger partial charge in [-0.1, -0.05) is 128 Å². The van der Waals surface area contributed by atoms with E-state index in [2.05, 4.69) is 84.4 Å².